The molecule has 4 aliphatic rings. The number of pyridine rings is 1. The smallest absolute Gasteiger partial charge is 0.272 e. The third kappa shape index (κ3) is 2.50. The van der Waals surface area contributed by atoms with Crippen molar-refractivity contribution in [1.82, 2.24) is 14.7 Å². The second-order valence-corrected chi connectivity index (χ2v) is 9.26. The third-order valence-electron chi connectivity index (χ3n) is 7.21. The summed E-state index contributed by atoms with van der Waals surface area (Å²) in [6.45, 7) is 0. The topological polar surface area (TPSA) is 46.4 Å². The first-order valence-corrected chi connectivity index (χ1v) is 10.5. The van der Waals surface area contributed by atoms with E-state index in [-0.39, 0.29) is 11.4 Å². The molecule has 2 heterocycles. The van der Waals surface area contributed by atoms with E-state index < -0.39 is 0 Å². The molecule has 0 unspecified atom stereocenters. The molecule has 0 saturated heterocycles. The van der Waals surface area contributed by atoms with Gasteiger partial charge in [0.25, 0.3) is 5.91 Å². The first kappa shape index (κ1) is 16.3. The normalized spacial score (nSPS) is 30.6. The molecule has 2 aromatic heterocycles. The Morgan fingerprint density at radius 2 is 1.57 bits per heavy atom. The Bertz CT molecular complexity index is 1020. The van der Waals surface area contributed by atoms with Crippen LogP contribution in [0.2, 0.25) is 0 Å². The molecule has 4 fully saturated rings. The van der Waals surface area contributed by atoms with Crippen LogP contribution in [0.4, 0.5) is 0 Å². The Hall–Kier alpha value is -2.62. The summed E-state index contributed by atoms with van der Waals surface area (Å²) in [7, 11) is 0. The summed E-state index contributed by atoms with van der Waals surface area (Å²) in [5, 5.41) is 3.48. The Morgan fingerprint density at radius 3 is 2.25 bits per heavy atom. The number of hydrogen-bond donors (Lipinski definition) is 1. The van der Waals surface area contributed by atoms with E-state index >= 15 is 0 Å². The number of aromatic nitrogens is 2. The summed E-state index contributed by atoms with van der Waals surface area (Å²) in [5.41, 5.74) is 2.46. The number of nitrogens with one attached hydrogen (secondary N) is 1. The van der Waals surface area contributed by atoms with Crippen LogP contribution in [0.5, 0.6) is 0 Å². The largest absolute Gasteiger partial charge is 0.345 e. The van der Waals surface area contributed by atoms with Crippen molar-refractivity contribution in [3.63, 3.8) is 0 Å². The van der Waals surface area contributed by atoms with E-state index in [1.165, 1.54) is 19.3 Å². The summed E-state index contributed by atoms with van der Waals surface area (Å²) >= 11 is 0. The quantitative estimate of drug-likeness (QED) is 0.725. The van der Waals surface area contributed by atoms with Crippen LogP contribution >= 0.6 is 0 Å². The molecule has 142 valence electrons. The Balaban J connectivity index is 1.38. The predicted octanol–water partition coefficient (Wildman–Crippen LogP) is 4.70. The molecule has 4 bridgehead atoms. The molecular formula is C24H25N3O. The van der Waals surface area contributed by atoms with Crippen molar-refractivity contribution in [2.45, 2.75) is 44.1 Å². The fourth-order valence-corrected chi connectivity index (χ4v) is 6.56. The van der Waals surface area contributed by atoms with Crippen LogP contribution in [0.25, 0.3) is 16.9 Å². The molecule has 4 aliphatic carbocycles. The summed E-state index contributed by atoms with van der Waals surface area (Å²) < 4.78 is 2.03. The lowest BCUT2D eigenvalue weighted by molar-refractivity contribution is -0.0167. The molecule has 4 nitrogen and oxygen atoms in total. The van der Waals surface area contributed by atoms with Gasteiger partial charge in [-0.25, -0.2) is 4.98 Å². The number of imidazole rings is 1. The molecule has 0 atom stereocenters. The van der Waals surface area contributed by atoms with Crippen LogP contribution < -0.4 is 5.32 Å². The molecule has 0 aliphatic heterocycles. The van der Waals surface area contributed by atoms with Crippen LogP contribution in [0.1, 0.15) is 49.0 Å². The maximum Gasteiger partial charge on any atom is 0.272 e. The lowest BCUT2D eigenvalue weighted by Gasteiger charge is -2.56. The summed E-state index contributed by atoms with van der Waals surface area (Å²) in [6.07, 6.45) is 9.58. The van der Waals surface area contributed by atoms with E-state index in [0.29, 0.717) is 5.69 Å². The van der Waals surface area contributed by atoms with Gasteiger partial charge in [-0.05, 0) is 68.4 Å². The molecule has 0 spiro atoms. The standard InChI is InChI=1S/C24H25N3O/c28-23(26-24-13-16-10-17(14-24)12-18(11-16)15-24)21-20-8-4-5-9-27(20)22(25-21)19-6-2-1-3-7-19/h1-9,16-18H,10-15H2,(H,26,28). The molecular weight excluding hydrogens is 346 g/mol. The van der Waals surface area contributed by atoms with Crippen molar-refractivity contribution >= 4 is 11.4 Å². The molecule has 1 aromatic carbocycles. The number of rotatable bonds is 3. The first-order chi connectivity index (χ1) is 13.7. The Labute approximate surface area is 165 Å². The number of nitrogens with zero attached hydrogens (tertiary/aromatic N) is 2. The highest BCUT2D eigenvalue weighted by Crippen LogP contribution is 2.55. The maximum absolute atomic E-state index is 13.4. The van der Waals surface area contributed by atoms with Crippen LogP contribution in [0, 0.1) is 17.8 Å². The molecule has 0 radical (unpaired) electrons. The van der Waals surface area contributed by atoms with E-state index in [1.54, 1.807) is 0 Å². The van der Waals surface area contributed by atoms with Crippen molar-refractivity contribution in [1.29, 1.82) is 0 Å². The number of benzene rings is 1. The highest BCUT2D eigenvalue weighted by Gasteiger charge is 2.51. The molecule has 7 rings (SSSR count). The van der Waals surface area contributed by atoms with Gasteiger partial charge < -0.3 is 5.32 Å². The van der Waals surface area contributed by atoms with Gasteiger partial charge in [0.1, 0.15) is 5.82 Å². The fraction of sp³-hybridized carbons (Fsp3) is 0.417. The maximum atomic E-state index is 13.4. The lowest BCUT2D eigenvalue weighted by Crippen LogP contribution is -2.59. The van der Waals surface area contributed by atoms with Gasteiger partial charge in [0.2, 0.25) is 0 Å². The van der Waals surface area contributed by atoms with Crippen molar-refractivity contribution in [3.05, 3.63) is 60.4 Å². The fourth-order valence-electron chi connectivity index (χ4n) is 6.56. The number of carbonyl (C=O) groups is 1. The van der Waals surface area contributed by atoms with Crippen molar-refractivity contribution < 1.29 is 4.79 Å². The lowest BCUT2D eigenvalue weighted by atomic mass is 9.53. The van der Waals surface area contributed by atoms with Gasteiger partial charge >= 0.3 is 0 Å². The first-order valence-electron chi connectivity index (χ1n) is 10.5. The number of amides is 1. The highest BCUT2D eigenvalue weighted by atomic mass is 16.2. The third-order valence-corrected chi connectivity index (χ3v) is 7.21. The zero-order chi connectivity index (χ0) is 18.7. The highest BCUT2D eigenvalue weighted by molar-refractivity contribution is 6.00. The van der Waals surface area contributed by atoms with Crippen LogP contribution in [0.15, 0.2) is 54.7 Å². The minimum atomic E-state index is -0.00664. The zero-order valence-corrected chi connectivity index (χ0v) is 16.0. The number of hydrogen-bond acceptors (Lipinski definition) is 2. The average molecular weight is 371 g/mol. The van der Waals surface area contributed by atoms with E-state index in [0.717, 1.165) is 53.9 Å². The van der Waals surface area contributed by atoms with Crippen molar-refractivity contribution in [2.75, 3.05) is 0 Å². The summed E-state index contributed by atoms with van der Waals surface area (Å²) in [5.74, 6) is 3.25. The van der Waals surface area contributed by atoms with Gasteiger partial charge in [-0.15, -0.1) is 0 Å². The second-order valence-electron chi connectivity index (χ2n) is 9.26. The van der Waals surface area contributed by atoms with E-state index in [9.17, 15) is 4.79 Å². The van der Waals surface area contributed by atoms with Crippen LogP contribution in [-0.2, 0) is 0 Å². The number of carbonyl (C=O) groups excluding carboxylic acids is 1. The minimum Gasteiger partial charge on any atom is -0.345 e. The Kier molecular flexibility index (Phi) is 3.47. The average Bonchev–Trinajstić information content (AvgIpc) is 3.07. The van der Waals surface area contributed by atoms with Crippen LogP contribution in [-0.4, -0.2) is 20.8 Å². The number of fused-ring (bicyclic) bond motifs is 1. The van der Waals surface area contributed by atoms with E-state index in [1.807, 2.05) is 59.1 Å². The summed E-state index contributed by atoms with van der Waals surface area (Å²) in [6, 6.07) is 16.1. The van der Waals surface area contributed by atoms with Gasteiger partial charge in [-0.3, -0.25) is 9.20 Å². The molecule has 1 amide bonds. The Morgan fingerprint density at radius 1 is 0.929 bits per heavy atom. The second kappa shape index (κ2) is 5.94. The predicted molar refractivity (Wildman–Crippen MR) is 109 cm³/mol. The van der Waals surface area contributed by atoms with Gasteiger partial charge in [0.15, 0.2) is 5.69 Å². The molecule has 1 N–H and O–H groups in total. The SMILES string of the molecule is O=C(NC12CC3CC(CC(C3)C1)C2)c1nc(-c2ccccc2)n2ccccc12. The van der Waals surface area contributed by atoms with Gasteiger partial charge in [0.05, 0.1) is 5.52 Å². The van der Waals surface area contributed by atoms with Gasteiger partial charge in [0, 0.05) is 17.3 Å². The van der Waals surface area contributed by atoms with E-state index in [2.05, 4.69) is 5.32 Å². The van der Waals surface area contributed by atoms with Gasteiger partial charge in [-0.1, -0.05) is 36.4 Å². The minimum absolute atomic E-state index is 0.00344. The zero-order valence-electron chi connectivity index (χ0n) is 16.0. The molecule has 28 heavy (non-hydrogen) atoms. The van der Waals surface area contributed by atoms with Crippen molar-refractivity contribution in [2.24, 2.45) is 17.8 Å². The summed E-state index contributed by atoms with van der Waals surface area (Å²) in [4.78, 5) is 18.2. The molecule has 4 heteroatoms. The van der Waals surface area contributed by atoms with Crippen molar-refractivity contribution in [3.8, 4) is 11.4 Å². The molecule has 3 aromatic rings. The van der Waals surface area contributed by atoms with Crippen LogP contribution in [0.3, 0.4) is 0 Å². The van der Waals surface area contributed by atoms with Gasteiger partial charge in [-0.2, -0.15) is 0 Å². The van der Waals surface area contributed by atoms with E-state index in [4.69, 9.17) is 4.98 Å². The monoisotopic (exact) mass is 371 g/mol. The molecule has 4 saturated carbocycles.